The van der Waals surface area contributed by atoms with Gasteiger partial charge in [0, 0.05) is 11.6 Å². The lowest BCUT2D eigenvalue weighted by Gasteiger charge is -2.16. The lowest BCUT2D eigenvalue weighted by atomic mass is 9.95. The molecule has 5 heteroatoms. The second-order valence-corrected chi connectivity index (χ2v) is 5.37. The van der Waals surface area contributed by atoms with Crippen molar-refractivity contribution in [3.63, 3.8) is 0 Å². The number of nitrogens with two attached hydrogens (primary N) is 1. The molecule has 2 unspecified atom stereocenters. The minimum atomic E-state index is -0.306. The third-order valence-corrected chi connectivity index (χ3v) is 3.91. The lowest BCUT2D eigenvalue weighted by Crippen LogP contribution is -2.27. The minimum absolute atomic E-state index is 0.0679. The van der Waals surface area contributed by atoms with Crippen molar-refractivity contribution in [2.24, 2.45) is 5.73 Å². The van der Waals surface area contributed by atoms with Crippen LogP contribution < -0.4 is 5.73 Å². The van der Waals surface area contributed by atoms with E-state index in [2.05, 4.69) is 10.1 Å². The molecule has 0 radical (unpaired) electrons. The largest absolute Gasteiger partial charge is 0.339 e. The van der Waals surface area contributed by atoms with Crippen molar-refractivity contribution in [2.45, 2.75) is 44.1 Å². The highest BCUT2D eigenvalue weighted by molar-refractivity contribution is 5.53. The summed E-state index contributed by atoms with van der Waals surface area (Å²) >= 11 is 0. The first kappa shape index (κ1) is 13.2. The zero-order chi connectivity index (χ0) is 13.9. The SMILES string of the molecule is NC1CCCCCC1c1nc(-c2cccc(F)c2)no1. The van der Waals surface area contributed by atoms with Gasteiger partial charge in [-0.3, -0.25) is 0 Å². The van der Waals surface area contributed by atoms with Gasteiger partial charge < -0.3 is 10.3 Å². The second kappa shape index (κ2) is 5.71. The lowest BCUT2D eigenvalue weighted by molar-refractivity contribution is 0.326. The Hall–Kier alpha value is -1.75. The van der Waals surface area contributed by atoms with E-state index < -0.39 is 0 Å². The Balaban J connectivity index is 1.86. The molecule has 1 heterocycles. The predicted octanol–water partition coefficient (Wildman–Crippen LogP) is 3.25. The van der Waals surface area contributed by atoms with E-state index in [4.69, 9.17) is 10.3 Å². The Morgan fingerprint density at radius 3 is 2.90 bits per heavy atom. The van der Waals surface area contributed by atoms with Crippen LogP contribution in [0.1, 0.15) is 43.9 Å². The molecular formula is C15H18FN3O. The molecule has 2 aromatic rings. The Bertz CT molecular complexity index is 584. The summed E-state index contributed by atoms with van der Waals surface area (Å²) in [7, 11) is 0. The number of aromatic nitrogens is 2. The van der Waals surface area contributed by atoms with Crippen molar-refractivity contribution in [3.8, 4) is 11.4 Å². The van der Waals surface area contributed by atoms with Gasteiger partial charge >= 0.3 is 0 Å². The van der Waals surface area contributed by atoms with E-state index in [1.807, 2.05) is 0 Å². The molecule has 2 N–H and O–H groups in total. The maximum Gasteiger partial charge on any atom is 0.231 e. The molecule has 1 aromatic carbocycles. The Morgan fingerprint density at radius 2 is 2.05 bits per heavy atom. The van der Waals surface area contributed by atoms with Crippen molar-refractivity contribution in [3.05, 3.63) is 36.0 Å². The maximum absolute atomic E-state index is 13.2. The van der Waals surface area contributed by atoms with Crippen molar-refractivity contribution < 1.29 is 8.91 Å². The van der Waals surface area contributed by atoms with Gasteiger partial charge in [-0.25, -0.2) is 4.39 Å². The highest BCUT2D eigenvalue weighted by atomic mass is 19.1. The fourth-order valence-corrected chi connectivity index (χ4v) is 2.77. The summed E-state index contributed by atoms with van der Waals surface area (Å²) in [6, 6.07) is 6.27. The van der Waals surface area contributed by atoms with Crippen LogP contribution in [0.2, 0.25) is 0 Å². The quantitative estimate of drug-likeness (QED) is 0.854. The van der Waals surface area contributed by atoms with Gasteiger partial charge in [-0.1, -0.05) is 36.6 Å². The van der Waals surface area contributed by atoms with Crippen molar-refractivity contribution in [1.29, 1.82) is 0 Å². The first-order valence-corrected chi connectivity index (χ1v) is 7.09. The first-order valence-electron chi connectivity index (χ1n) is 7.09. The summed E-state index contributed by atoms with van der Waals surface area (Å²) in [6.07, 6.45) is 5.46. The van der Waals surface area contributed by atoms with Gasteiger partial charge in [-0.2, -0.15) is 4.98 Å². The highest BCUT2D eigenvalue weighted by Gasteiger charge is 2.27. The molecule has 106 valence electrons. The average molecular weight is 275 g/mol. The summed E-state index contributed by atoms with van der Waals surface area (Å²) in [4.78, 5) is 4.41. The molecule has 0 saturated heterocycles. The number of rotatable bonds is 2. The van der Waals surface area contributed by atoms with Gasteiger partial charge in [0.05, 0.1) is 5.92 Å². The summed E-state index contributed by atoms with van der Waals surface area (Å²) < 4.78 is 18.6. The Morgan fingerprint density at radius 1 is 1.20 bits per heavy atom. The zero-order valence-corrected chi connectivity index (χ0v) is 11.3. The van der Waals surface area contributed by atoms with Crippen LogP contribution in [-0.4, -0.2) is 16.2 Å². The fourth-order valence-electron chi connectivity index (χ4n) is 2.77. The van der Waals surface area contributed by atoms with Crippen molar-refractivity contribution >= 4 is 0 Å². The molecule has 1 aromatic heterocycles. The number of benzene rings is 1. The molecule has 1 saturated carbocycles. The number of hydrogen-bond donors (Lipinski definition) is 1. The standard InChI is InChI=1S/C15H18FN3O/c16-11-6-4-5-10(9-11)14-18-15(20-19-14)12-7-2-1-3-8-13(12)17/h4-6,9,12-13H,1-3,7-8,17H2. The molecule has 2 atom stereocenters. The predicted molar refractivity (Wildman–Crippen MR) is 73.5 cm³/mol. The first-order chi connectivity index (χ1) is 9.74. The van der Waals surface area contributed by atoms with Crippen LogP contribution >= 0.6 is 0 Å². The average Bonchev–Trinajstić information content (AvgIpc) is 2.82. The monoisotopic (exact) mass is 275 g/mol. The normalized spacial score (nSPS) is 23.5. The van der Waals surface area contributed by atoms with Gasteiger partial charge in [0.25, 0.3) is 0 Å². The summed E-state index contributed by atoms with van der Waals surface area (Å²) in [5, 5.41) is 3.96. The third kappa shape index (κ3) is 2.72. The molecule has 4 nitrogen and oxygen atoms in total. The number of hydrogen-bond acceptors (Lipinski definition) is 4. The van der Waals surface area contributed by atoms with Crippen LogP contribution in [0.4, 0.5) is 4.39 Å². The maximum atomic E-state index is 13.2. The fraction of sp³-hybridized carbons (Fsp3) is 0.467. The topological polar surface area (TPSA) is 64.9 Å². The van der Waals surface area contributed by atoms with Crippen LogP contribution in [0.5, 0.6) is 0 Å². The van der Waals surface area contributed by atoms with Gasteiger partial charge in [0.15, 0.2) is 0 Å². The Labute approximate surface area is 117 Å². The van der Waals surface area contributed by atoms with Gasteiger partial charge in [-0.05, 0) is 25.0 Å². The molecule has 0 spiro atoms. The second-order valence-electron chi connectivity index (χ2n) is 5.37. The molecule has 0 amide bonds. The van der Waals surface area contributed by atoms with Crippen LogP contribution in [0.25, 0.3) is 11.4 Å². The Kier molecular flexibility index (Phi) is 3.78. The molecular weight excluding hydrogens is 257 g/mol. The highest BCUT2D eigenvalue weighted by Crippen LogP contribution is 2.31. The van der Waals surface area contributed by atoms with Crippen LogP contribution in [0.15, 0.2) is 28.8 Å². The van der Waals surface area contributed by atoms with E-state index in [1.165, 1.54) is 18.6 Å². The van der Waals surface area contributed by atoms with E-state index in [9.17, 15) is 4.39 Å². The summed E-state index contributed by atoms with van der Waals surface area (Å²) in [5.74, 6) is 0.821. The molecule has 3 rings (SSSR count). The summed E-state index contributed by atoms with van der Waals surface area (Å²) in [6.45, 7) is 0. The van der Waals surface area contributed by atoms with E-state index in [1.54, 1.807) is 12.1 Å². The molecule has 1 fully saturated rings. The van der Waals surface area contributed by atoms with Crippen LogP contribution in [0, 0.1) is 5.82 Å². The van der Waals surface area contributed by atoms with Gasteiger partial charge in [0.2, 0.25) is 11.7 Å². The van der Waals surface area contributed by atoms with E-state index >= 15 is 0 Å². The van der Waals surface area contributed by atoms with E-state index in [-0.39, 0.29) is 17.8 Å². The van der Waals surface area contributed by atoms with E-state index in [0.29, 0.717) is 17.3 Å². The molecule has 0 aliphatic heterocycles. The third-order valence-electron chi connectivity index (χ3n) is 3.91. The van der Waals surface area contributed by atoms with Gasteiger partial charge in [-0.15, -0.1) is 0 Å². The van der Waals surface area contributed by atoms with Crippen LogP contribution in [-0.2, 0) is 0 Å². The zero-order valence-electron chi connectivity index (χ0n) is 11.3. The molecule has 20 heavy (non-hydrogen) atoms. The van der Waals surface area contributed by atoms with Crippen LogP contribution in [0.3, 0.4) is 0 Å². The van der Waals surface area contributed by atoms with Gasteiger partial charge in [0.1, 0.15) is 5.82 Å². The number of nitrogens with zero attached hydrogens (tertiary/aromatic N) is 2. The van der Waals surface area contributed by atoms with Crippen molar-refractivity contribution in [1.82, 2.24) is 10.1 Å². The number of halogens is 1. The smallest absolute Gasteiger partial charge is 0.231 e. The minimum Gasteiger partial charge on any atom is -0.339 e. The van der Waals surface area contributed by atoms with E-state index in [0.717, 1.165) is 25.7 Å². The molecule has 0 bridgehead atoms. The van der Waals surface area contributed by atoms with Crippen molar-refractivity contribution in [2.75, 3.05) is 0 Å². The molecule has 1 aliphatic rings. The molecule has 1 aliphatic carbocycles. The summed E-state index contributed by atoms with van der Waals surface area (Å²) in [5.41, 5.74) is 6.82.